The van der Waals surface area contributed by atoms with Gasteiger partial charge < -0.3 is 9.88 Å². The normalized spacial score (nSPS) is 11.0. The average Bonchev–Trinajstić information content (AvgIpc) is 3.14. The molecule has 2 aromatic heterocycles. The van der Waals surface area contributed by atoms with Crippen molar-refractivity contribution >= 4 is 28.4 Å². The van der Waals surface area contributed by atoms with Crippen molar-refractivity contribution < 1.29 is 4.79 Å². The van der Waals surface area contributed by atoms with Crippen molar-refractivity contribution in [1.82, 2.24) is 24.6 Å². The number of amides is 1. The third kappa shape index (κ3) is 3.28. The molecule has 0 aliphatic heterocycles. The van der Waals surface area contributed by atoms with Crippen molar-refractivity contribution in [1.29, 1.82) is 0 Å². The van der Waals surface area contributed by atoms with Crippen LogP contribution in [0.15, 0.2) is 43.0 Å². The Morgan fingerprint density at radius 3 is 2.95 bits per heavy atom. The maximum Gasteiger partial charge on any atom is 0.221 e. The van der Waals surface area contributed by atoms with E-state index in [0.717, 1.165) is 10.9 Å². The van der Waals surface area contributed by atoms with E-state index in [1.54, 1.807) is 17.2 Å². The molecule has 2 heterocycles. The number of carbonyl (C=O) groups is 1. The van der Waals surface area contributed by atoms with Crippen LogP contribution in [-0.2, 0) is 17.9 Å². The molecule has 0 radical (unpaired) electrons. The number of rotatable bonds is 6. The number of hydrogen-bond donors (Lipinski definition) is 1. The molecular formula is C15H16ClN5O. The van der Waals surface area contributed by atoms with Crippen LogP contribution in [0.2, 0.25) is 5.15 Å². The minimum absolute atomic E-state index is 0.00387. The SMILES string of the molecule is O=C(CCn1nc(Cl)c2ccccc21)NCCn1ccnc1. The molecule has 6 nitrogen and oxygen atoms in total. The number of halogens is 1. The van der Waals surface area contributed by atoms with Crippen LogP contribution in [0.1, 0.15) is 6.42 Å². The number of fused-ring (bicyclic) bond motifs is 1. The summed E-state index contributed by atoms with van der Waals surface area (Å²) >= 11 is 6.09. The van der Waals surface area contributed by atoms with Crippen LogP contribution in [0, 0.1) is 0 Å². The Bertz CT molecular complexity index is 765. The van der Waals surface area contributed by atoms with Crippen molar-refractivity contribution in [3.05, 3.63) is 48.1 Å². The first-order valence-electron chi connectivity index (χ1n) is 7.07. The van der Waals surface area contributed by atoms with Gasteiger partial charge in [0.2, 0.25) is 5.91 Å². The van der Waals surface area contributed by atoms with Gasteiger partial charge in [0.1, 0.15) is 0 Å². The van der Waals surface area contributed by atoms with Gasteiger partial charge in [0.25, 0.3) is 0 Å². The zero-order chi connectivity index (χ0) is 15.4. The third-order valence-electron chi connectivity index (χ3n) is 3.41. The fourth-order valence-electron chi connectivity index (χ4n) is 2.30. The van der Waals surface area contributed by atoms with E-state index >= 15 is 0 Å². The molecule has 1 aromatic carbocycles. The summed E-state index contributed by atoms with van der Waals surface area (Å²) in [4.78, 5) is 15.8. The Kier molecular flexibility index (Phi) is 4.39. The minimum Gasteiger partial charge on any atom is -0.354 e. The first-order valence-corrected chi connectivity index (χ1v) is 7.45. The molecule has 7 heteroatoms. The number of hydrogen-bond acceptors (Lipinski definition) is 3. The molecule has 0 unspecified atom stereocenters. The monoisotopic (exact) mass is 317 g/mol. The van der Waals surface area contributed by atoms with E-state index in [-0.39, 0.29) is 5.91 Å². The van der Waals surface area contributed by atoms with Gasteiger partial charge in [-0.15, -0.1) is 0 Å². The summed E-state index contributed by atoms with van der Waals surface area (Å²) in [5.74, 6) is -0.00387. The Hall–Kier alpha value is -2.34. The van der Waals surface area contributed by atoms with E-state index in [2.05, 4.69) is 15.4 Å². The van der Waals surface area contributed by atoms with Crippen molar-refractivity contribution in [2.45, 2.75) is 19.5 Å². The Morgan fingerprint density at radius 1 is 1.27 bits per heavy atom. The van der Waals surface area contributed by atoms with Crippen molar-refractivity contribution in [3.8, 4) is 0 Å². The van der Waals surface area contributed by atoms with Gasteiger partial charge in [-0.05, 0) is 12.1 Å². The van der Waals surface area contributed by atoms with E-state index in [9.17, 15) is 4.79 Å². The Morgan fingerprint density at radius 2 is 2.14 bits per heavy atom. The largest absolute Gasteiger partial charge is 0.354 e. The number of aromatic nitrogens is 4. The Balaban J connectivity index is 1.52. The van der Waals surface area contributed by atoms with Crippen LogP contribution >= 0.6 is 11.6 Å². The number of aryl methyl sites for hydroxylation is 1. The third-order valence-corrected chi connectivity index (χ3v) is 3.69. The highest BCUT2D eigenvalue weighted by molar-refractivity contribution is 6.34. The van der Waals surface area contributed by atoms with Crippen LogP contribution in [0.25, 0.3) is 10.9 Å². The van der Waals surface area contributed by atoms with Gasteiger partial charge >= 0.3 is 0 Å². The number of para-hydroxylation sites is 1. The second-order valence-electron chi connectivity index (χ2n) is 4.93. The van der Waals surface area contributed by atoms with Gasteiger partial charge in [-0.2, -0.15) is 5.10 Å². The maximum absolute atomic E-state index is 11.9. The first-order chi connectivity index (χ1) is 10.7. The summed E-state index contributed by atoms with van der Waals surface area (Å²) in [7, 11) is 0. The van der Waals surface area contributed by atoms with E-state index in [1.807, 2.05) is 35.0 Å². The first kappa shape index (κ1) is 14.6. The molecule has 1 amide bonds. The highest BCUT2D eigenvalue weighted by Gasteiger charge is 2.09. The number of benzene rings is 1. The topological polar surface area (TPSA) is 64.7 Å². The summed E-state index contributed by atoms with van der Waals surface area (Å²) in [6.07, 6.45) is 5.67. The lowest BCUT2D eigenvalue weighted by Crippen LogP contribution is -2.27. The van der Waals surface area contributed by atoms with Crippen LogP contribution in [-0.4, -0.2) is 31.8 Å². The van der Waals surface area contributed by atoms with Crippen LogP contribution < -0.4 is 5.32 Å². The average molecular weight is 318 g/mol. The summed E-state index contributed by atoms with van der Waals surface area (Å²) in [6, 6.07) is 7.72. The summed E-state index contributed by atoms with van der Waals surface area (Å²) in [5, 5.41) is 8.53. The molecule has 0 atom stereocenters. The molecule has 0 saturated heterocycles. The van der Waals surface area contributed by atoms with E-state index in [1.165, 1.54) is 0 Å². The molecule has 0 spiro atoms. The predicted molar refractivity (Wildman–Crippen MR) is 84.6 cm³/mol. The second kappa shape index (κ2) is 6.62. The number of nitrogens with one attached hydrogen (secondary N) is 1. The fraction of sp³-hybridized carbons (Fsp3) is 0.267. The van der Waals surface area contributed by atoms with Crippen molar-refractivity contribution in [2.75, 3.05) is 6.54 Å². The van der Waals surface area contributed by atoms with E-state index in [4.69, 9.17) is 11.6 Å². The Labute approximate surface area is 132 Å². The van der Waals surface area contributed by atoms with Gasteiger partial charge in [0.05, 0.1) is 18.4 Å². The zero-order valence-corrected chi connectivity index (χ0v) is 12.7. The molecule has 1 N–H and O–H groups in total. The molecule has 0 saturated carbocycles. The molecule has 3 rings (SSSR count). The predicted octanol–water partition coefficient (Wildman–Crippen LogP) is 2.09. The zero-order valence-electron chi connectivity index (χ0n) is 11.9. The second-order valence-corrected chi connectivity index (χ2v) is 5.29. The fourth-order valence-corrected chi connectivity index (χ4v) is 2.55. The minimum atomic E-state index is -0.00387. The summed E-state index contributed by atoms with van der Waals surface area (Å²) in [5.41, 5.74) is 0.943. The van der Waals surface area contributed by atoms with Gasteiger partial charge in [-0.1, -0.05) is 23.7 Å². The van der Waals surface area contributed by atoms with Gasteiger partial charge in [-0.3, -0.25) is 9.48 Å². The molecule has 0 fully saturated rings. The molecule has 0 aliphatic rings. The molecule has 22 heavy (non-hydrogen) atoms. The lowest BCUT2D eigenvalue weighted by molar-refractivity contribution is -0.121. The quantitative estimate of drug-likeness (QED) is 0.757. The number of carbonyl (C=O) groups excluding carboxylic acids is 1. The van der Waals surface area contributed by atoms with E-state index in [0.29, 0.717) is 31.2 Å². The van der Waals surface area contributed by atoms with Crippen LogP contribution in [0.4, 0.5) is 0 Å². The lowest BCUT2D eigenvalue weighted by Gasteiger charge is -2.06. The molecule has 0 bridgehead atoms. The van der Waals surface area contributed by atoms with Crippen molar-refractivity contribution in [2.24, 2.45) is 0 Å². The lowest BCUT2D eigenvalue weighted by atomic mass is 10.2. The highest BCUT2D eigenvalue weighted by atomic mass is 35.5. The number of nitrogens with zero attached hydrogens (tertiary/aromatic N) is 4. The van der Waals surface area contributed by atoms with Gasteiger partial charge in [-0.25, -0.2) is 4.98 Å². The van der Waals surface area contributed by atoms with Crippen LogP contribution in [0.3, 0.4) is 0 Å². The summed E-state index contributed by atoms with van der Waals surface area (Å²) in [6.45, 7) is 1.79. The van der Waals surface area contributed by atoms with Gasteiger partial charge in [0.15, 0.2) is 5.15 Å². The summed E-state index contributed by atoms with van der Waals surface area (Å²) < 4.78 is 3.69. The molecular weight excluding hydrogens is 302 g/mol. The molecule has 3 aromatic rings. The highest BCUT2D eigenvalue weighted by Crippen LogP contribution is 2.22. The number of imidazole rings is 1. The van der Waals surface area contributed by atoms with Crippen molar-refractivity contribution in [3.63, 3.8) is 0 Å². The molecule has 114 valence electrons. The maximum atomic E-state index is 11.9. The van der Waals surface area contributed by atoms with Crippen LogP contribution in [0.5, 0.6) is 0 Å². The molecule has 0 aliphatic carbocycles. The van der Waals surface area contributed by atoms with Gasteiger partial charge in [0, 0.05) is 37.3 Å². The van der Waals surface area contributed by atoms with E-state index < -0.39 is 0 Å². The smallest absolute Gasteiger partial charge is 0.221 e. The standard InChI is InChI=1S/C15H16ClN5O/c16-15-12-3-1-2-4-13(12)21(19-15)8-5-14(22)18-7-10-20-9-6-17-11-20/h1-4,6,9,11H,5,7-8,10H2,(H,18,22).